The van der Waals surface area contributed by atoms with Crippen LogP contribution in [0, 0.1) is 5.82 Å². The largest absolute Gasteiger partial charge is 0.341 e. The minimum Gasteiger partial charge on any atom is -0.341 e. The quantitative estimate of drug-likeness (QED) is 0.866. The summed E-state index contributed by atoms with van der Waals surface area (Å²) in [6.07, 6.45) is 0. The molecule has 2 aromatic carbocycles. The molecule has 4 heteroatoms. The van der Waals surface area contributed by atoms with Crippen LogP contribution in [0.4, 0.5) is 15.8 Å². The van der Waals surface area contributed by atoms with E-state index in [1.165, 1.54) is 17.7 Å². The van der Waals surface area contributed by atoms with Crippen LogP contribution in [0.5, 0.6) is 0 Å². The second-order valence-corrected chi connectivity index (χ2v) is 5.44. The van der Waals surface area contributed by atoms with Gasteiger partial charge in [-0.2, -0.15) is 0 Å². The molecule has 2 rings (SSSR count). The van der Waals surface area contributed by atoms with Gasteiger partial charge in [-0.05, 0) is 55.9 Å². The molecule has 0 saturated heterocycles. The SMILES string of the molecule is CCN(c1ccc(F)cc1)c1cc(Br)ccc1CNC. The van der Waals surface area contributed by atoms with Crippen molar-refractivity contribution < 1.29 is 4.39 Å². The van der Waals surface area contributed by atoms with E-state index >= 15 is 0 Å². The van der Waals surface area contributed by atoms with E-state index in [-0.39, 0.29) is 5.82 Å². The molecule has 0 bridgehead atoms. The van der Waals surface area contributed by atoms with Crippen molar-refractivity contribution in [3.8, 4) is 0 Å². The topological polar surface area (TPSA) is 15.3 Å². The molecule has 0 heterocycles. The van der Waals surface area contributed by atoms with Gasteiger partial charge in [-0.1, -0.05) is 22.0 Å². The monoisotopic (exact) mass is 336 g/mol. The third-order valence-electron chi connectivity index (χ3n) is 3.16. The van der Waals surface area contributed by atoms with Gasteiger partial charge in [-0.15, -0.1) is 0 Å². The Balaban J connectivity index is 2.45. The lowest BCUT2D eigenvalue weighted by atomic mass is 10.1. The fraction of sp³-hybridized carbons (Fsp3) is 0.250. The van der Waals surface area contributed by atoms with Crippen molar-refractivity contribution in [3.63, 3.8) is 0 Å². The van der Waals surface area contributed by atoms with Crippen molar-refractivity contribution in [2.24, 2.45) is 0 Å². The van der Waals surface area contributed by atoms with Crippen LogP contribution < -0.4 is 10.2 Å². The van der Waals surface area contributed by atoms with Gasteiger partial charge in [-0.3, -0.25) is 0 Å². The van der Waals surface area contributed by atoms with Crippen LogP contribution in [-0.4, -0.2) is 13.6 Å². The highest BCUT2D eigenvalue weighted by atomic mass is 79.9. The number of hydrogen-bond acceptors (Lipinski definition) is 2. The molecular weight excluding hydrogens is 319 g/mol. The molecule has 106 valence electrons. The first-order valence-electron chi connectivity index (χ1n) is 6.62. The minimum atomic E-state index is -0.213. The van der Waals surface area contributed by atoms with E-state index in [1.54, 1.807) is 0 Å². The summed E-state index contributed by atoms with van der Waals surface area (Å²) in [5.41, 5.74) is 3.33. The normalized spacial score (nSPS) is 10.6. The predicted molar refractivity (Wildman–Crippen MR) is 86.0 cm³/mol. The van der Waals surface area contributed by atoms with Gasteiger partial charge >= 0.3 is 0 Å². The summed E-state index contributed by atoms with van der Waals surface area (Å²) < 4.78 is 14.1. The smallest absolute Gasteiger partial charge is 0.123 e. The standard InChI is InChI=1S/C16H18BrFN2/c1-3-20(15-8-6-14(18)7-9-15)16-10-13(17)5-4-12(16)11-19-2/h4-10,19H,3,11H2,1-2H3. The lowest BCUT2D eigenvalue weighted by molar-refractivity contribution is 0.628. The number of nitrogens with one attached hydrogen (secondary N) is 1. The Hall–Kier alpha value is -1.39. The molecule has 20 heavy (non-hydrogen) atoms. The van der Waals surface area contributed by atoms with Crippen molar-refractivity contribution in [2.45, 2.75) is 13.5 Å². The molecule has 1 N–H and O–H groups in total. The molecule has 0 aromatic heterocycles. The minimum absolute atomic E-state index is 0.213. The first-order chi connectivity index (χ1) is 9.65. The number of nitrogens with zero attached hydrogens (tertiary/aromatic N) is 1. The number of halogens is 2. The maximum atomic E-state index is 13.1. The maximum Gasteiger partial charge on any atom is 0.123 e. The number of anilines is 2. The third-order valence-corrected chi connectivity index (χ3v) is 3.65. The van der Waals surface area contributed by atoms with Crippen molar-refractivity contribution in [1.82, 2.24) is 5.32 Å². The van der Waals surface area contributed by atoms with E-state index in [0.29, 0.717) is 0 Å². The highest BCUT2D eigenvalue weighted by Crippen LogP contribution is 2.31. The van der Waals surface area contributed by atoms with E-state index < -0.39 is 0 Å². The lowest BCUT2D eigenvalue weighted by Crippen LogP contribution is -2.19. The number of rotatable bonds is 5. The van der Waals surface area contributed by atoms with Gasteiger partial charge in [0.1, 0.15) is 5.82 Å². The summed E-state index contributed by atoms with van der Waals surface area (Å²) in [5.74, 6) is -0.213. The molecule has 0 amide bonds. The Labute approximate surface area is 127 Å². The predicted octanol–water partition coefficient (Wildman–Crippen LogP) is 4.47. The van der Waals surface area contributed by atoms with Crippen LogP contribution >= 0.6 is 15.9 Å². The average Bonchev–Trinajstić information content (AvgIpc) is 2.45. The molecule has 0 radical (unpaired) electrons. The van der Waals surface area contributed by atoms with E-state index in [1.807, 2.05) is 25.2 Å². The molecule has 0 aliphatic rings. The summed E-state index contributed by atoms with van der Waals surface area (Å²) in [7, 11) is 1.93. The molecule has 2 aromatic rings. The van der Waals surface area contributed by atoms with E-state index in [2.05, 4.69) is 45.2 Å². The summed E-state index contributed by atoms with van der Waals surface area (Å²) in [5, 5.41) is 3.18. The fourth-order valence-electron chi connectivity index (χ4n) is 2.24. The van der Waals surface area contributed by atoms with Crippen molar-refractivity contribution >= 4 is 27.3 Å². The average molecular weight is 337 g/mol. The van der Waals surface area contributed by atoms with Crippen molar-refractivity contribution in [1.29, 1.82) is 0 Å². The van der Waals surface area contributed by atoms with Gasteiger partial charge in [-0.25, -0.2) is 4.39 Å². The summed E-state index contributed by atoms with van der Waals surface area (Å²) >= 11 is 3.52. The van der Waals surface area contributed by atoms with Crippen LogP contribution in [0.2, 0.25) is 0 Å². The zero-order valence-corrected chi connectivity index (χ0v) is 13.2. The zero-order chi connectivity index (χ0) is 14.5. The molecule has 0 unspecified atom stereocenters. The highest BCUT2D eigenvalue weighted by molar-refractivity contribution is 9.10. The maximum absolute atomic E-state index is 13.1. The van der Waals surface area contributed by atoms with Gasteiger partial charge in [0.05, 0.1) is 0 Å². The molecule has 0 aliphatic carbocycles. The Morgan fingerprint density at radius 1 is 1.15 bits per heavy atom. The number of hydrogen-bond donors (Lipinski definition) is 1. The fourth-order valence-corrected chi connectivity index (χ4v) is 2.59. The molecule has 0 fully saturated rings. The molecule has 0 aliphatic heterocycles. The zero-order valence-electron chi connectivity index (χ0n) is 11.7. The molecule has 2 nitrogen and oxygen atoms in total. The van der Waals surface area contributed by atoms with Gasteiger partial charge in [0.15, 0.2) is 0 Å². The van der Waals surface area contributed by atoms with Crippen LogP contribution in [0.25, 0.3) is 0 Å². The third kappa shape index (κ3) is 3.38. The molecule has 0 saturated carbocycles. The first-order valence-corrected chi connectivity index (χ1v) is 7.41. The Bertz CT molecular complexity index is 569. The summed E-state index contributed by atoms with van der Waals surface area (Å²) in [6, 6.07) is 12.8. The Kier molecular flexibility index (Phi) is 5.15. The van der Waals surface area contributed by atoms with E-state index in [0.717, 1.165) is 28.9 Å². The van der Waals surface area contributed by atoms with E-state index in [4.69, 9.17) is 0 Å². The Morgan fingerprint density at radius 3 is 2.45 bits per heavy atom. The van der Waals surface area contributed by atoms with Crippen LogP contribution in [0.1, 0.15) is 12.5 Å². The molecule has 0 atom stereocenters. The van der Waals surface area contributed by atoms with Gasteiger partial charge in [0.25, 0.3) is 0 Å². The molecular formula is C16H18BrFN2. The second-order valence-electron chi connectivity index (χ2n) is 4.52. The van der Waals surface area contributed by atoms with Crippen LogP contribution in [0.15, 0.2) is 46.9 Å². The van der Waals surface area contributed by atoms with E-state index in [9.17, 15) is 4.39 Å². The van der Waals surface area contributed by atoms with Gasteiger partial charge in [0, 0.05) is 28.9 Å². The van der Waals surface area contributed by atoms with Gasteiger partial charge in [0.2, 0.25) is 0 Å². The van der Waals surface area contributed by atoms with Crippen molar-refractivity contribution in [3.05, 3.63) is 58.3 Å². The molecule has 0 spiro atoms. The van der Waals surface area contributed by atoms with Gasteiger partial charge < -0.3 is 10.2 Å². The summed E-state index contributed by atoms with van der Waals surface area (Å²) in [6.45, 7) is 3.70. The van der Waals surface area contributed by atoms with Crippen LogP contribution in [0.3, 0.4) is 0 Å². The van der Waals surface area contributed by atoms with Crippen LogP contribution in [-0.2, 0) is 6.54 Å². The second kappa shape index (κ2) is 6.86. The first kappa shape index (κ1) is 15.0. The number of benzene rings is 2. The Morgan fingerprint density at radius 2 is 1.85 bits per heavy atom. The van der Waals surface area contributed by atoms with Crippen molar-refractivity contribution in [2.75, 3.05) is 18.5 Å². The summed E-state index contributed by atoms with van der Waals surface area (Å²) in [4.78, 5) is 2.18. The highest BCUT2D eigenvalue weighted by Gasteiger charge is 2.12. The lowest BCUT2D eigenvalue weighted by Gasteiger charge is -2.26.